The Morgan fingerprint density at radius 2 is 1.95 bits per heavy atom. The summed E-state index contributed by atoms with van der Waals surface area (Å²) < 4.78 is 5.69. The maximum atomic E-state index is 5.90. The topological polar surface area (TPSA) is 60.2 Å². The molecule has 0 amide bonds. The lowest BCUT2D eigenvalue weighted by molar-refractivity contribution is 0.290. The summed E-state index contributed by atoms with van der Waals surface area (Å²) in [4.78, 5) is 4.45. The molecule has 0 bridgehead atoms. The zero-order valence-corrected chi connectivity index (χ0v) is 12.3. The summed E-state index contributed by atoms with van der Waals surface area (Å²) in [5.74, 6) is 2.02. The van der Waals surface area contributed by atoms with Gasteiger partial charge in [0, 0.05) is 6.54 Å². The van der Waals surface area contributed by atoms with Crippen molar-refractivity contribution < 1.29 is 4.74 Å². The normalized spacial score (nSPS) is 14.0. The van der Waals surface area contributed by atoms with E-state index in [2.05, 4.69) is 41.5 Å². The summed E-state index contributed by atoms with van der Waals surface area (Å²) in [5, 5.41) is 3.30. The van der Waals surface area contributed by atoms with Crippen molar-refractivity contribution in [3.63, 3.8) is 0 Å². The van der Waals surface area contributed by atoms with Gasteiger partial charge in [0.25, 0.3) is 0 Å². The van der Waals surface area contributed by atoms with E-state index in [1.54, 1.807) is 0 Å². The Labute approximate surface area is 125 Å². The number of pyridine rings is 1. The van der Waals surface area contributed by atoms with Crippen LogP contribution in [0.5, 0.6) is 5.88 Å². The van der Waals surface area contributed by atoms with Crippen molar-refractivity contribution >= 4 is 11.5 Å². The number of aryl methyl sites for hydroxylation is 1. The summed E-state index contributed by atoms with van der Waals surface area (Å²) in [6, 6.07) is 12.2. The van der Waals surface area contributed by atoms with E-state index in [0.29, 0.717) is 17.5 Å². The number of aromatic nitrogens is 1. The number of nitrogens with one attached hydrogen (secondary N) is 1. The molecule has 1 saturated carbocycles. The standard InChI is InChI=1S/C17H21N3O/c1-12-2-4-13(5-3-12)10-19-16-9-8-15(18)17(20-16)21-11-14-6-7-14/h2-5,8-9,14H,6-7,10-11,18H2,1H3,(H,19,20). The van der Waals surface area contributed by atoms with Gasteiger partial charge in [-0.05, 0) is 43.4 Å². The lowest BCUT2D eigenvalue weighted by atomic mass is 10.1. The number of ether oxygens (including phenoxy) is 1. The van der Waals surface area contributed by atoms with Gasteiger partial charge in [-0.15, -0.1) is 0 Å². The molecule has 4 heteroatoms. The van der Waals surface area contributed by atoms with E-state index in [4.69, 9.17) is 10.5 Å². The molecule has 0 unspecified atom stereocenters. The molecule has 3 rings (SSSR count). The van der Waals surface area contributed by atoms with Crippen molar-refractivity contribution in [2.24, 2.45) is 5.92 Å². The van der Waals surface area contributed by atoms with Gasteiger partial charge >= 0.3 is 0 Å². The molecule has 1 aromatic carbocycles. The number of hydrogen-bond acceptors (Lipinski definition) is 4. The van der Waals surface area contributed by atoms with Gasteiger partial charge in [-0.1, -0.05) is 29.8 Å². The Hall–Kier alpha value is -2.23. The zero-order valence-electron chi connectivity index (χ0n) is 12.3. The van der Waals surface area contributed by atoms with Gasteiger partial charge in [0.1, 0.15) is 5.82 Å². The second-order valence-electron chi connectivity index (χ2n) is 5.68. The van der Waals surface area contributed by atoms with Crippen molar-refractivity contribution in [2.75, 3.05) is 17.7 Å². The average Bonchev–Trinajstić information content (AvgIpc) is 3.31. The molecule has 1 aromatic heterocycles. The first-order valence-electron chi connectivity index (χ1n) is 7.39. The number of anilines is 2. The van der Waals surface area contributed by atoms with E-state index in [-0.39, 0.29) is 0 Å². The first-order valence-corrected chi connectivity index (χ1v) is 7.39. The van der Waals surface area contributed by atoms with Gasteiger partial charge in [-0.3, -0.25) is 0 Å². The van der Waals surface area contributed by atoms with Gasteiger partial charge in [0.2, 0.25) is 5.88 Å². The van der Waals surface area contributed by atoms with Crippen molar-refractivity contribution in [2.45, 2.75) is 26.3 Å². The minimum absolute atomic E-state index is 0.538. The summed E-state index contributed by atoms with van der Waals surface area (Å²) in [7, 11) is 0. The van der Waals surface area contributed by atoms with Crippen molar-refractivity contribution in [3.05, 3.63) is 47.5 Å². The molecule has 21 heavy (non-hydrogen) atoms. The first kappa shape index (κ1) is 13.7. The summed E-state index contributed by atoms with van der Waals surface area (Å²) in [6.07, 6.45) is 2.51. The Morgan fingerprint density at radius 3 is 2.67 bits per heavy atom. The van der Waals surface area contributed by atoms with Gasteiger partial charge in [0.05, 0.1) is 12.3 Å². The van der Waals surface area contributed by atoms with E-state index in [1.807, 2.05) is 12.1 Å². The van der Waals surface area contributed by atoms with Crippen LogP contribution < -0.4 is 15.8 Å². The third-order valence-electron chi connectivity index (χ3n) is 3.64. The lowest BCUT2D eigenvalue weighted by Crippen LogP contribution is -2.07. The fraction of sp³-hybridized carbons (Fsp3) is 0.353. The number of nitrogens with zero attached hydrogens (tertiary/aromatic N) is 1. The molecule has 110 valence electrons. The molecular weight excluding hydrogens is 262 g/mol. The van der Waals surface area contributed by atoms with Gasteiger partial charge < -0.3 is 15.8 Å². The van der Waals surface area contributed by atoms with E-state index >= 15 is 0 Å². The minimum Gasteiger partial charge on any atom is -0.476 e. The highest BCUT2D eigenvalue weighted by atomic mass is 16.5. The van der Waals surface area contributed by atoms with Crippen LogP contribution in [0.25, 0.3) is 0 Å². The maximum Gasteiger partial charge on any atom is 0.239 e. The van der Waals surface area contributed by atoms with Crippen LogP contribution in [0.2, 0.25) is 0 Å². The Bertz CT molecular complexity index is 606. The third-order valence-corrected chi connectivity index (χ3v) is 3.64. The first-order chi connectivity index (χ1) is 10.2. The fourth-order valence-corrected chi connectivity index (χ4v) is 2.05. The van der Waals surface area contributed by atoms with Crippen LogP contribution in [-0.4, -0.2) is 11.6 Å². The number of nitrogens with two attached hydrogens (primary N) is 1. The number of benzene rings is 1. The molecule has 4 nitrogen and oxygen atoms in total. The smallest absolute Gasteiger partial charge is 0.239 e. The van der Waals surface area contributed by atoms with Crippen LogP contribution in [0, 0.1) is 12.8 Å². The van der Waals surface area contributed by atoms with Crippen LogP contribution in [0.1, 0.15) is 24.0 Å². The fourth-order valence-electron chi connectivity index (χ4n) is 2.05. The molecular formula is C17H21N3O. The van der Waals surface area contributed by atoms with Crippen LogP contribution in [-0.2, 0) is 6.54 Å². The quantitative estimate of drug-likeness (QED) is 0.853. The van der Waals surface area contributed by atoms with Gasteiger partial charge in [-0.2, -0.15) is 4.98 Å². The van der Waals surface area contributed by atoms with Gasteiger partial charge in [-0.25, -0.2) is 0 Å². The van der Waals surface area contributed by atoms with E-state index in [1.165, 1.54) is 24.0 Å². The molecule has 0 atom stereocenters. The average molecular weight is 283 g/mol. The van der Waals surface area contributed by atoms with Gasteiger partial charge in [0.15, 0.2) is 0 Å². The molecule has 1 aliphatic rings. The zero-order chi connectivity index (χ0) is 14.7. The van der Waals surface area contributed by atoms with E-state index in [0.717, 1.165) is 19.0 Å². The minimum atomic E-state index is 0.538. The molecule has 2 aromatic rings. The van der Waals surface area contributed by atoms with Crippen LogP contribution in [0.3, 0.4) is 0 Å². The van der Waals surface area contributed by atoms with E-state index < -0.39 is 0 Å². The van der Waals surface area contributed by atoms with Crippen LogP contribution in [0.15, 0.2) is 36.4 Å². The highest BCUT2D eigenvalue weighted by Crippen LogP contribution is 2.30. The second-order valence-corrected chi connectivity index (χ2v) is 5.68. The third kappa shape index (κ3) is 3.88. The maximum absolute atomic E-state index is 5.90. The Kier molecular flexibility index (Phi) is 3.95. The Morgan fingerprint density at radius 1 is 1.19 bits per heavy atom. The number of hydrogen-bond donors (Lipinski definition) is 2. The summed E-state index contributed by atoms with van der Waals surface area (Å²) in [6.45, 7) is 3.54. The largest absolute Gasteiger partial charge is 0.476 e. The van der Waals surface area contributed by atoms with Crippen molar-refractivity contribution in [1.82, 2.24) is 4.98 Å². The molecule has 1 heterocycles. The molecule has 1 aliphatic carbocycles. The molecule has 0 saturated heterocycles. The molecule has 0 radical (unpaired) electrons. The molecule has 1 fully saturated rings. The number of nitrogen functional groups attached to an aromatic ring is 1. The number of rotatable bonds is 6. The van der Waals surface area contributed by atoms with Crippen LogP contribution in [0.4, 0.5) is 11.5 Å². The highest BCUT2D eigenvalue weighted by Gasteiger charge is 2.22. The predicted molar refractivity (Wildman–Crippen MR) is 85.4 cm³/mol. The summed E-state index contributed by atoms with van der Waals surface area (Å²) in [5.41, 5.74) is 8.98. The monoisotopic (exact) mass is 283 g/mol. The second kappa shape index (κ2) is 6.04. The predicted octanol–water partition coefficient (Wildman–Crippen LogP) is 3.37. The van der Waals surface area contributed by atoms with Crippen molar-refractivity contribution in [3.8, 4) is 5.88 Å². The molecule has 3 N–H and O–H groups in total. The van der Waals surface area contributed by atoms with E-state index in [9.17, 15) is 0 Å². The van der Waals surface area contributed by atoms with Crippen molar-refractivity contribution in [1.29, 1.82) is 0 Å². The van der Waals surface area contributed by atoms with Crippen LogP contribution >= 0.6 is 0 Å². The Balaban J connectivity index is 1.61. The molecule has 0 aliphatic heterocycles. The SMILES string of the molecule is Cc1ccc(CNc2ccc(N)c(OCC3CC3)n2)cc1. The summed E-state index contributed by atoms with van der Waals surface area (Å²) >= 11 is 0. The molecule has 0 spiro atoms. The lowest BCUT2D eigenvalue weighted by Gasteiger charge is -2.11. The highest BCUT2D eigenvalue weighted by molar-refractivity contribution is 5.53.